The topological polar surface area (TPSA) is 67.4 Å². The third kappa shape index (κ3) is 6.30. The van der Waals surface area contributed by atoms with Gasteiger partial charge < -0.3 is 15.4 Å². The number of rotatable bonds is 7. The molecule has 0 aliphatic heterocycles. The first-order chi connectivity index (χ1) is 11.9. The summed E-state index contributed by atoms with van der Waals surface area (Å²) in [6.45, 7) is 5.79. The Morgan fingerprint density at radius 2 is 1.56 bits per heavy atom. The summed E-state index contributed by atoms with van der Waals surface area (Å²) in [4.78, 5) is 24.0. The van der Waals surface area contributed by atoms with E-state index in [9.17, 15) is 9.59 Å². The molecule has 2 amide bonds. The fourth-order valence-corrected chi connectivity index (χ4v) is 2.36. The Bertz CT molecular complexity index is 697. The molecule has 25 heavy (non-hydrogen) atoms. The van der Waals surface area contributed by atoms with Crippen LogP contribution in [0.1, 0.15) is 38.8 Å². The van der Waals surface area contributed by atoms with E-state index in [-0.39, 0.29) is 30.4 Å². The summed E-state index contributed by atoms with van der Waals surface area (Å²) in [5.74, 6) is 0.0753. The zero-order valence-electron chi connectivity index (χ0n) is 14.8. The van der Waals surface area contributed by atoms with Crippen molar-refractivity contribution in [3.8, 4) is 5.75 Å². The summed E-state index contributed by atoms with van der Waals surface area (Å²) < 4.78 is 5.55. The van der Waals surface area contributed by atoms with Crippen molar-refractivity contribution in [2.45, 2.75) is 39.3 Å². The first kappa shape index (κ1) is 18.5. The molecule has 0 saturated carbocycles. The molecule has 2 aromatic carbocycles. The minimum Gasteiger partial charge on any atom is -0.491 e. The lowest BCUT2D eigenvalue weighted by molar-refractivity contribution is -0.127. The number of nitrogens with one attached hydrogen (secondary N) is 2. The molecule has 0 aromatic heterocycles. The summed E-state index contributed by atoms with van der Waals surface area (Å²) in [7, 11) is 0. The Labute approximate surface area is 148 Å². The van der Waals surface area contributed by atoms with E-state index < -0.39 is 0 Å². The number of hydrogen-bond donors (Lipinski definition) is 2. The van der Waals surface area contributed by atoms with Gasteiger partial charge in [0.05, 0.1) is 12.1 Å². The van der Waals surface area contributed by atoms with Crippen molar-refractivity contribution in [3.63, 3.8) is 0 Å². The zero-order valence-corrected chi connectivity index (χ0v) is 14.8. The molecule has 0 spiro atoms. The lowest BCUT2D eigenvalue weighted by Crippen LogP contribution is -2.30. The highest BCUT2D eigenvalue weighted by Gasteiger charge is 2.13. The highest BCUT2D eigenvalue weighted by molar-refractivity contribution is 6.03. The normalized spacial score (nSPS) is 11.7. The lowest BCUT2D eigenvalue weighted by Gasteiger charge is -2.14. The van der Waals surface area contributed by atoms with E-state index in [1.54, 1.807) is 24.3 Å². The van der Waals surface area contributed by atoms with Gasteiger partial charge in [-0.1, -0.05) is 30.3 Å². The molecule has 0 aliphatic carbocycles. The minimum atomic E-state index is -0.352. The van der Waals surface area contributed by atoms with Crippen molar-refractivity contribution in [1.29, 1.82) is 0 Å². The standard InChI is InChI=1S/C20H24N2O3/c1-14(2)25-18-11-9-17(10-12-18)22-20(24)13-19(23)21-15(3)16-7-5-4-6-8-16/h4-12,14-15H,13H2,1-3H3,(H,21,23)(H,22,24). The Morgan fingerprint density at radius 3 is 2.16 bits per heavy atom. The van der Waals surface area contributed by atoms with Crippen LogP contribution in [0.25, 0.3) is 0 Å². The van der Waals surface area contributed by atoms with E-state index >= 15 is 0 Å². The summed E-state index contributed by atoms with van der Waals surface area (Å²) in [5.41, 5.74) is 1.63. The second kappa shape index (κ2) is 8.87. The fourth-order valence-electron chi connectivity index (χ4n) is 2.36. The van der Waals surface area contributed by atoms with Gasteiger partial charge in [0.2, 0.25) is 11.8 Å². The molecule has 0 fully saturated rings. The lowest BCUT2D eigenvalue weighted by atomic mass is 10.1. The Hall–Kier alpha value is -2.82. The third-order valence-corrected chi connectivity index (χ3v) is 3.51. The maximum Gasteiger partial charge on any atom is 0.233 e. The molecule has 1 unspecified atom stereocenters. The predicted molar refractivity (Wildman–Crippen MR) is 98.5 cm³/mol. The Morgan fingerprint density at radius 1 is 0.920 bits per heavy atom. The second-order valence-corrected chi connectivity index (χ2v) is 6.12. The van der Waals surface area contributed by atoms with Gasteiger partial charge in [-0.25, -0.2) is 0 Å². The molecule has 0 heterocycles. The van der Waals surface area contributed by atoms with Crippen LogP contribution in [-0.4, -0.2) is 17.9 Å². The number of benzene rings is 2. The van der Waals surface area contributed by atoms with E-state index in [0.29, 0.717) is 5.69 Å². The van der Waals surface area contributed by atoms with Gasteiger partial charge in [0.1, 0.15) is 12.2 Å². The van der Waals surface area contributed by atoms with Gasteiger partial charge in [0.15, 0.2) is 0 Å². The molecular formula is C20H24N2O3. The highest BCUT2D eigenvalue weighted by Crippen LogP contribution is 2.17. The molecule has 0 saturated heterocycles. The van der Waals surface area contributed by atoms with Crippen LogP contribution in [0.15, 0.2) is 54.6 Å². The zero-order chi connectivity index (χ0) is 18.2. The minimum absolute atomic E-state index is 0.0933. The van der Waals surface area contributed by atoms with E-state index in [0.717, 1.165) is 11.3 Å². The van der Waals surface area contributed by atoms with Gasteiger partial charge in [0, 0.05) is 5.69 Å². The largest absolute Gasteiger partial charge is 0.491 e. The number of ether oxygens (including phenoxy) is 1. The summed E-state index contributed by atoms with van der Waals surface area (Å²) in [6.07, 6.45) is -0.128. The molecule has 5 nitrogen and oxygen atoms in total. The molecule has 0 aliphatic rings. The number of carbonyl (C=O) groups is 2. The van der Waals surface area contributed by atoms with Crippen LogP contribution in [0, 0.1) is 0 Å². The van der Waals surface area contributed by atoms with Crippen LogP contribution in [0.2, 0.25) is 0 Å². The van der Waals surface area contributed by atoms with E-state index in [1.807, 2.05) is 51.1 Å². The van der Waals surface area contributed by atoms with Crippen molar-refractivity contribution >= 4 is 17.5 Å². The van der Waals surface area contributed by atoms with E-state index in [4.69, 9.17) is 4.74 Å². The summed E-state index contributed by atoms with van der Waals surface area (Å²) >= 11 is 0. The van der Waals surface area contributed by atoms with Gasteiger partial charge in [-0.15, -0.1) is 0 Å². The Kier molecular flexibility index (Phi) is 6.57. The average Bonchev–Trinajstić information content (AvgIpc) is 2.56. The van der Waals surface area contributed by atoms with Gasteiger partial charge in [-0.05, 0) is 50.6 Å². The smallest absolute Gasteiger partial charge is 0.233 e. The monoisotopic (exact) mass is 340 g/mol. The van der Waals surface area contributed by atoms with Crippen molar-refractivity contribution in [2.75, 3.05) is 5.32 Å². The molecular weight excluding hydrogens is 316 g/mol. The molecule has 1 atom stereocenters. The molecule has 0 bridgehead atoms. The maximum atomic E-state index is 12.0. The fraction of sp³-hybridized carbons (Fsp3) is 0.300. The first-order valence-corrected chi connectivity index (χ1v) is 8.35. The number of hydrogen-bond acceptors (Lipinski definition) is 3. The highest BCUT2D eigenvalue weighted by atomic mass is 16.5. The van der Waals surface area contributed by atoms with Crippen LogP contribution in [0.4, 0.5) is 5.69 Å². The molecule has 2 aromatic rings. The number of carbonyl (C=O) groups excluding carboxylic acids is 2. The van der Waals surface area contributed by atoms with Crippen LogP contribution in [0.5, 0.6) is 5.75 Å². The van der Waals surface area contributed by atoms with Crippen molar-refractivity contribution in [3.05, 3.63) is 60.2 Å². The third-order valence-electron chi connectivity index (χ3n) is 3.51. The van der Waals surface area contributed by atoms with Crippen molar-refractivity contribution in [1.82, 2.24) is 5.32 Å². The van der Waals surface area contributed by atoms with Crippen molar-refractivity contribution in [2.24, 2.45) is 0 Å². The van der Waals surface area contributed by atoms with E-state index in [1.165, 1.54) is 0 Å². The summed E-state index contributed by atoms with van der Waals surface area (Å²) in [6, 6.07) is 16.5. The quantitative estimate of drug-likeness (QED) is 0.756. The second-order valence-electron chi connectivity index (χ2n) is 6.12. The molecule has 5 heteroatoms. The summed E-state index contributed by atoms with van der Waals surface area (Å²) in [5, 5.41) is 5.53. The predicted octanol–water partition coefficient (Wildman–Crippen LogP) is 3.68. The SMILES string of the molecule is CC(C)Oc1ccc(NC(=O)CC(=O)NC(C)c2ccccc2)cc1. The average molecular weight is 340 g/mol. The Balaban J connectivity index is 1.82. The van der Waals surface area contributed by atoms with Gasteiger partial charge in [-0.2, -0.15) is 0 Å². The van der Waals surface area contributed by atoms with Crippen LogP contribution < -0.4 is 15.4 Å². The number of anilines is 1. The maximum absolute atomic E-state index is 12.0. The molecule has 0 radical (unpaired) electrons. The van der Waals surface area contributed by atoms with Crippen LogP contribution in [-0.2, 0) is 9.59 Å². The van der Waals surface area contributed by atoms with Crippen LogP contribution >= 0.6 is 0 Å². The molecule has 2 rings (SSSR count). The van der Waals surface area contributed by atoms with Gasteiger partial charge in [-0.3, -0.25) is 9.59 Å². The molecule has 2 N–H and O–H groups in total. The number of amides is 2. The van der Waals surface area contributed by atoms with Gasteiger partial charge >= 0.3 is 0 Å². The first-order valence-electron chi connectivity index (χ1n) is 8.35. The molecule has 132 valence electrons. The van der Waals surface area contributed by atoms with Crippen LogP contribution in [0.3, 0.4) is 0 Å². The van der Waals surface area contributed by atoms with Crippen molar-refractivity contribution < 1.29 is 14.3 Å². The van der Waals surface area contributed by atoms with E-state index in [2.05, 4.69) is 10.6 Å². The van der Waals surface area contributed by atoms with Gasteiger partial charge in [0.25, 0.3) is 0 Å².